The van der Waals surface area contributed by atoms with E-state index in [1.807, 2.05) is 18.2 Å². The van der Waals surface area contributed by atoms with Crippen LogP contribution in [-0.2, 0) is 11.3 Å². The number of hydrogen-bond acceptors (Lipinski definition) is 5. The Hall–Kier alpha value is -2.48. The molecule has 2 aliphatic rings. The molecule has 1 unspecified atom stereocenters. The number of hydrogen-bond donors (Lipinski definition) is 1. The van der Waals surface area contributed by atoms with Crippen LogP contribution in [0.1, 0.15) is 22.8 Å². The van der Waals surface area contributed by atoms with E-state index >= 15 is 0 Å². The van der Waals surface area contributed by atoms with Crippen molar-refractivity contribution in [2.75, 3.05) is 33.0 Å². The largest absolute Gasteiger partial charge is 0.454 e. The van der Waals surface area contributed by atoms with Gasteiger partial charge in [0.15, 0.2) is 11.5 Å². The number of piperazine rings is 1. The fourth-order valence-corrected chi connectivity index (χ4v) is 3.97. The minimum absolute atomic E-state index is 0.101. The molecule has 31 heavy (non-hydrogen) atoms. The second kappa shape index (κ2) is 9.34. The highest BCUT2D eigenvalue weighted by Crippen LogP contribution is 2.32. The fraction of sp³-hybridized carbons (Fsp3) is 0.364. The average molecular weight is 464 g/mol. The molecule has 1 N–H and O–H groups in total. The van der Waals surface area contributed by atoms with Gasteiger partial charge in [-0.1, -0.05) is 29.3 Å². The Morgan fingerprint density at radius 2 is 1.74 bits per heavy atom. The Bertz CT molecular complexity index is 993. The Morgan fingerprint density at radius 1 is 1.00 bits per heavy atom. The first-order valence-electron chi connectivity index (χ1n) is 10.1. The highest BCUT2D eigenvalue weighted by Gasteiger charge is 2.26. The monoisotopic (exact) mass is 463 g/mol. The molecule has 1 saturated heterocycles. The first-order chi connectivity index (χ1) is 14.9. The van der Waals surface area contributed by atoms with Crippen molar-refractivity contribution >= 4 is 35.0 Å². The van der Waals surface area contributed by atoms with Gasteiger partial charge in [0, 0.05) is 38.3 Å². The number of rotatable bonds is 5. The van der Waals surface area contributed by atoms with Crippen LogP contribution in [-0.4, -0.2) is 60.6 Å². The predicted octanol–water partition coefficient (Wildman–Crippen LogP) is 3.18. The summed E-state index contributed by atoms with van der Waals surface area (Å²) in [6.45, 7) is 5.46. The number of benzene rings is 2. The van der Waals surface area contributed by atoms with Crippen molar-refractivity contribution in [2.24, 2.45) is 0 Å². The van der Waals surface area contributed by atoms with Crippen LogP contribution in [0.15, 0.2) is 36.4 Å². The number of nitrogens with zero attached hydrogens (tertiary/aromatic N) is 2. The minimum Gasteiger partial charge on any atom is -0.454 e. The zero-order valence-electron chi connectivity index (χ0n) is 17.1. The molecule has 1 fully saturated rings. The molecule has 2 aliphatic heterocycles. The molecule has 0 spiro atoms. The van der Waals surface area contributed by atoms with Crippen molar-refractivity contribution in [3.63, 3.8) is 0 Å². The number of carbonyl (C=O) groups excluding carboxylic acids is 2. The van der Waals surface area contributed by atoms with Crippen molar-refractivity contribution in [1.29, 1.82) is 0 Å². The van der Waals surface area contributed by atoms with Crippen LogP contribution in [0.2, 0.25) is 10.0 Å². The Kier molecular flexibility index (Phi) is 6.55. The van der Waals surface area contributed by atoms with E-state index in [9.17, 15) is 9.59 Å². The normalized spacial score (nSPS) is 16.8. The van der Waals surface area contributed by atoms with E-state index in [2.05, 4.69) is 10.2 Å². The number of amides is 2. The van der Waals surface area contributed by atoms with Crippen LogP contribution in [0, 0.1) is 0 Å². The molecule has 2 amide bonds. The molecule has 2 heterocycles. The SMILES string of the molecule is CC(NC(=O)c1ccc(Cl)c(Cl)c1)C(=O)N1CCN(Cc2ccc3c(c2)OCO3)CC1. The summed E-state index contributed by atoms with van der Waals surface area (Å²) in [4.78, 5) is 29.3. The summed E-state index contributed by atoms with van der Waals surface area (Å²) in [5.74, 6) is 1.09. The van der Waals surface area contributed by atoms with Crippen molar-refractivity contribution < 1.29 is 19.1 Å². The molecular formula is C22H23Cl2N3O4. The molecular weight excluding hydrogens is 441 g/mol. The standard InChI is InChI=1S/C22H23Cl2N3O4/c1-14(25-21(28)16-3-4-17(23)18(24)11-16)22(29)27-8-6-26(7-9-27)12-15-2-5-19-20(10-15)31-13-30-19/h2-5,10-11,14H,6-9,12-13H2,1H3,(H,25,28). The molecule has 7 nitrogen and oxygen atoms in total. The van der Waals surface area contributed by atoms with Gasteiger partial charge < -0.3 is 19.7 Å². The molecule has 1 atom stereocenters. The van der Waals surface area contributed by atoms with E-state index in [4.69, 9.17) is 32.7 Å². The van der Waals surface area contributed by atoms with E-state index in [0.29, 0.717) is 28.7 Å². The summed E-state index contributed by atoms with van der Waals surface area (Å²) in [5, 5.41) is 3.42. The van der Waals surface area contributed by atoms with Crippen LogP contribution < -0.4 is 14.8 Å². The maximum atomic E-state index is 12.8. The first kappa shape index (κ1) is 21.7. The van der Waals surface area contributed by atoms with Gasteiger partial charge in [0.25, 0.3) is 5.91 Å². The number of carbonyl (C=O) groups is 2. The lowest BCUT2D eigenvalue weighted by atomic mass is 10.1. The lowest BCUT2D eigenvalue weighted by Crippen LogP contribution is -2.53. The van der Waals surface area contributed by atoms with Gasteiger partial charge in [-0.3, -0.25) is 14.5 Å². The van der Waals surface area contributed by atoms with Gasteiger partial charge >= 0.3 is 0 Å². The maximum absolute atomic E-state index is 12.8. The summed E-state index contributed by atoms with van der Waals surface area (Å²) < 4.78 is 10.8. The van der Waals surface area contributed by atoms with E-state index in [1.54, 1.807) is 24.0 Å². The van der Waals surface area contributed by atoms with Gasteiger partial charge in [-0.25, -0.2) is 0 Å². The van der Waals surface area contributed by atoms with Crippen molar-refractivity contribution in [3.05, 3.63) is 57.6 Å². The average Bonchev–Trinajstić information content (AvgIpc) is 3.23. The molecule has 0 bridgehead atoms. The first-order valence-corrected chi connectivity index (χ1v) is 10.8. The summed E-state index contributed by atoms with van der Waals surface area (Å²) in [7, 11) is 0. The summed E-state index contributed by atoms with van der Waals surface area (Å²) in [6.07, 6.45) is 0. The van der Waals surface area contributed by atoms with Gasteiger partial charge in [0.2, 0.25) is 12.7 Å². The van der Waals surface area contributed by atoms with Gasteiger partial charge in [-0.15, -0.1) is 0 Å². The van der Waals surface area contributed by atoms with E-state index < -0.39 is 6.04 Å². The topological polar surface area (TPSA) is 71.1 Å². The molecule has 0 radical (unpaired) electrons. The van der Waals surface area contributed by atoms with Crippen LogP contribution in [0.3, 0.4) is 0 Å². The lowest BCUT2D eigenvalue weighted by Gasteiger charge is -2.36. The van der Waals surface area contributed by atoms with Crippen LogP contribution in [0.4, 0.5) is 0 Å². The van der Waals surface area contributed by atoms with E-state index in [1.165, 1.54) is 6.07 Å². The van der Waals surface area contributed by atoms with Crippen LogP contribution >= 0.6 is 23.2 Å². The zero-order valence-corrected chi connectivity index (χ0v) is 18.6. The van der Waals surface area contributed by atoms with Crippen molar-refractivity contribution in [1.82, 2.24) is 15.1 Å². The Morgan fingerprint density at radius 3 is 2.48 bits per heavy atom. The smallest absolute Gasteiger partial charge is 0.251 e. The van der Waals surface area contributed by atoms with Gasteiger partial charge in [0.1, 0.15) is 6.04 Å². The third-order valence-corrected chi connectivity index (χ3v) is 6.17. The van der Waals surface area contributed by atoms with Gasteiger partial charge in [-0.2, -0.15) is 0 Å². The summed E-state index contributed by atoms with van der Waals surface area (Å²) >= 11 is 11.9. The third kappa shape index (κ3) is 5.06. The van der Waals surface area contributed by atoms with E-state index in [-0.39, 0.29) is 18.6 Å². The molecule has 0 aromatic heterocycles. The molecule has 9 heteroatoms. The number of nitrogens with one attached hydrogen (secondary N) is 1. The second-order valence-electron chi connectivity index (χ2n) is 7.61. The third-order valence-electron chi connectivity index (χ3n) is 5.43. The number of halogens is 2. The van der Waals surface area contributed by atoms with Crippen molar-refractivity contribution in [3.8, 4) is 11.5 Å². The van der Waals surface area contributed by atoms with E-state index in [0.717, 1.165) is 36.7 Å². The van der Waals surface area contributed by atoms with Crippen LogP contribution in [0.25, 0.3) is 0 Å². The lowest BCUT2D eigenvalue weighted by molar-refractivity contribution is -0.134. The van der Waals surface area contributed by atoms with Crippen LogP contribution in [0.5, 0.6) is 11.5 Å². The zero-order chi connectivity index (χ0) is 22.0. The number of fused-ring (bicyclic) bond motifs is 1. The highest BCUT2D eigenvalue weighted by atomic mass is 35.5. The number of ether oxygens (including phenoxy) is 2. The quantitative estimate of drug-likeness (QED) is 0.736. The van der Waals surface area contributed by atoms with Gasteiger partial charge in [0.05, 0.1) is 10.0 Å². The predicted molar refractivity (Wildman–Crippen MR) is 118 cm³/mol. The Labute approximate surface area is 190 Å². The molecule has 164 valence electrons. The minimum atomic E-state index is -0.637. The summed E-state index contributed by atoms with van der Waals surface area (Å²) in [5.41, 5.74) is 1.51. The molecule has 2 aromatic carbocycles. The molecule has 2 aromatic rings. The molecule has 0 aliphatic carbocycles. The molecule has 0 saturated carbocycles. The highest BCUT2D eigenvalue weighted by molar-refractivity contribution is 6.42. The Balaban J connectivity index is 1.27. The van der Waals surface area contributed by atoms with Crippen molar-refractivity contribution in [2.45, 2.75) is 19.5 Å². The second-order valence-corrected chi connectivity index (χ2v) is 8.43. The fourth-order valence-electron chi connectivity index (χ4n) is 3.68. The summed E-state index contributed by atoms with van der Waals surface area (Å²) in [6, 6.07) is 9.95. The van der Waals surface area contributed by atoms with Gasteiger partial charge in [-0.05, 0) is 42.8 Å². The molecule has 4 rings (SSSR count). The maximum Gasteiger partial charge on any atom is 0.251 e.